The number of benzene rings is 1. The molecule has 2 aliphatic rings. The number of fused-ring (bicyclic) bond motifs is 1. The topological polar surface area (TPSA) is 146 Å². The third-order valence-electron chi connectivity index (χ3n) is 5.59. The predicted octanol–water partition coefficient (Wildman–Crippen LogP) is 2.50. The highest BCUT2D eigenvalue weighted by molar-refractivity contribution is 7.85. The van der Waals surface area contributed by atoms with E-state index >= 15 is 0 Å². The molecule has 1 atom stereocenters. The Morgan fingerprint density at radius 2 is 1.70 bits per heavy atom. The number of amides is 2. The van der Waals surface area contributed by atoms with Gasteiger partial charge in [-0.1, -0.05) is 29.8 Å². The van der Waals surface area contributed by atoms with Gasteiger partial charge in [0.05, 0.1) is 9.92 Å². The molecule has 2 aromatic heterocycles. The Labute approximate surface area is 218 Å². The van der Waals surface area contributed by atoms with E-state index in [1.165, 1.54) is 35.6 Å². The largest absolute Gasteiger partial charge is 0.419 e. The summed E-state index contributed by atoms with van der Waals surface area (Å²) in [6.07, 6.45) is 2.78. The zero-order chi connectivity index (χ0) is 26.6. The number of piperazine rings is 1. The molecule has 5 rings (SSSR count). The number of hydrogen-bond acceptors (Lipinski definition) is 9. The van der Waals surface area contributed by atoms with Crippen molar-refractivity contribution >= 4 is 39.5 Å². The fourth-order valence-corrected chi connectivity index (χ4v) is 4.24. The van der Waals surface area contributed by atoms with Gasteiger partial charge >= 0.3 is 6.09 Å². The van der Waals surface area contributed by atoms with E-state index in [0.29, 0.717) is 29.6 Å². The first-order chi connectivity index (χ1) is 17.6. The van der Waals surface area contributed by atoms with Gasteiger partial charge in [-0.15, -0.1) is 0 Å². The standard InChI is InChI=1S/C17H17ClN6O3.C6H6O3S/c1-22-6-8-23(9-7-22)17(26)27-16-14-13(19-4-5-20-14)15(25)24(16)12-3-2-11(18)10-21-12;7-10(8,9)6-4-2-1-3-5-6/h2-5,10,16H,6-9H2,1H3;1-5H,(H,7,8,9). The van der Waals surface area contributed by atoms with Gasteiger partial charge in [0.25, 0.3) is 16.0 Å². The summed E-state index contributed by atoms with van der Waals surface area (Å²) >= 11 is 5.89. The molecule has 194 valence electrons. The van der Waals surface area contributed by atoms with Gasteiger partial charge < -0.3 is 14.5 Å². The highest BCUT2D eigenvalue weighted by Gasteiger charge is 2.44. The minimum absolute atomic E-state index is 0.0741. The first-order valence-electron chi connectivity index (χ1n) is 11.1. The maximum Gasteiger partial charge on any atom is 0.412 e. The van der Waals surface area contributed by atoms with Crippen molar-refractivity contribution < 1.29 is 27.3 Å². The monoisotopic (exact) mass is 546 g/mol. The van der Waals surface area contributed by atoms with E-state index < -0.39 is 28.3 Å². The maximum atomic E-state index is 12.8. The van der Waals surface area contributed by atoms with E-state index in [0.717, 1.165) is 13.1 Å². The first kappa shape index (κ1) is 26.4. The third-order valence-corrected chi connectivity index (χ3v) is 6.68. The second-order valence-electron chi connectivity index (χ2n) is 8.11. The number of rotatable bonds is 3. The van der Waals surface area contributed by atoms with Gasteiger partial charge in [0, 0.05) is 44.8 Å². The van der Waals surface area contributed by atoms with Crippen molar-refractivity contribution in [3.8, 4) is 0 Å². The summed E-state index contributed by atoms with van der Waals surface area (Å²) in [6, 6.07) is 10.6. The average molecular weight is 547 g/mol. The lowest BCUT2D eigenvalue weighted by atomic mass is 10.3. The van der Waals surface area contributed by atoms with Crippen molar-refractivity contribution in [2.45, 2.75) is 11.1 Å². The Balaban J connectivity index is 0.000000270. The molecule has 1 N–H and O–H groups in total. The van der Waals surface area contributed by atoms with Crippen molar-refractivity contribution in [2.24, 2.45) is 0 Å². The molecule has 1 fully saturated rings. The summed E-state index contributed by atoms with van der Waals surface area (Å²) in [5.41, 5.74) is 0.437. The molecule has 2 amide bonds. The molecule has 1 aromatic carbocycles. The molecule has 2 aliphatic heterocycles. The summed E-state index contributed by atoms with van der Waals surface area (Å²) in [6.45, 7) is 2.64. The van der Waals surface area contributed by atoms with E-state index in [1.807, 2.05) is 7.05 Å². The molecule has 12 nitrogen and oxygen atoms in total. The first-order valence-corrected chi connectivity index (χ1v) is 12.9. The van der Waals surface area contributed by atoms with Gasteiger partial charge in [-0.05, 0) is 31.3 Å². The Hall–Kier alpha value is -3.65. The van der Waals surface area contributed by atoms with Crippen LogP contribution in [0.5, 0.6) is 0 Å². The number of aromatic nitrogens is 3. The van der Waals surface area contributed by atoms with Crippen molar-refractivity contribution in [3.05, 3.63) is 77.5 Å². The van der Waals surface area contributed by atoms with Crippen molar-refractivity contribution in [1.29, 1.82) is 0 Å². The van der Waals surface area contributed by atoms with E-state index in [9.17, 15) is 18.0 Å². The molecule has 4 heterocycles. The highest BCUT2D eigenvalue weighted by atomic mass is 35.5. The minimum atomic E-state index is -4.00. The SMILES string of the molecule is CN1CCN(C(=O)OC2c3nccnc3C(=O)N2c2ccc(Cl)cn2)CC1.O=S(=O)(O)c1ccccc1. The van der Waals surface area contributed by atoms with E-state index in [4.69, 9.17) is 20.9 Å². The number of nitrogens with zero attached hydrogens (tertiary/aromatic N) is 6. The number of ether oxygens (including phenoxy) is 1. The zero-order valence-corrected chi connectivity index (χ0v) is 21.2. The zero-order valence-electron chi connectivity index (χ0n) is 19.6. The average Bonchev–Trinajstić information content (AvgIpc) is 3.17. The molecule has 0 saturated carbocycles. The van der Waals surface area contributed by atoms with Crippen LogP contribution in [-0.2, 0) is 14.9 Å². The van der Waals surface area contributed by atoms with E-state index in [1.54, 1.807) is 35.2 Å². The lowest BCUT2D eigenvalue weighted by Crippen LogP contribution is -2.48. The molecule has 0 spiro atoms. The van der Waals surface area contributed by atoms with Crippen LogP contribution < -0.4 is 4.90 Å². The van der Waals surface area contributed by atoms with Crippen molar-refractivity contribution in [2.75, 3.05) is 38.1 Å². The lowest BCUT2D eigenvalue weighted by molar-refractivity contribution is 0.0476. The van der Waals surface area contributed by atoms with Crippen LogP contribution in [0.4, 0.5) is 10.6 Å². The van der Waals surface area contributed by atoms with Crippen LogP contribution in [0.3, 0.4) is 0 Å². The van der Waals surface area contributed by atoms with Crippen molar-refractivity contribution in [1.82, 2.24) is 24.8 Å². The van der Waals surface area contributed by atoms with Gasteiger partial charge in [-0.25, -0.2) is 19.7 Å². The van der Waals surface area contributed by atoms with E-state index in [-0.39, 0.29) is 10.6 Å². The fraction of sp³-hybridized carbons (Fsp3) is 0.261. The molecule has 1 unspecified atom stereocenters. The minimum Gasteiger partial charge on any atom is -0.419 e. The van der Waals surface area contributed by atoms with Gasteiger partial charge in [-0.3, -0.25) is 14.3 Å². The number of likely N-dealkylation sites (N-methyl/N-ethyl adjacent to an activating group) is 1. The van der Waals surface area contributed by atoms with Crippen LogP contribution in [0, 0.1) is 0 Å². The molecule has 0 bridgehead atoms. The Morgan fingerprint density at radius 3 is 2.30 bits per heavy atom. The predicted molar refractivity (Wildman–Crippen MR) is 133 cm³/mol. The smallest absolute Gasteiger partial charge is 0.412 e. The maximum absolute atomic E-state index is 12.8. The van der Waals surface area contributed by atoms with Gasteiger partial charge in [0.1, 0.15) is 11.5 Å². The van der Waals surface area contributed by atoms with Crippen LogP contribution in [0.1, 0.15) is 22.4 Å². The normalized spacial score (nSPS) is 17.6. The summed E-state index contributed by atoms with van der Waals surface area (Å²) in [7, 11) is -2.00. The number of carbonyl (C=O) groups excluding carboxylic acids is 2. The molecule has 1 saturated heterocycles. The summed E-state index contributed by atoms with van der Waals surface area (Å²) in [4.78, 5) is 42.9. The number of hydrogen-bond donors (Lipinski definition) is 1. The summed E-state index contributed by atoms with van der Waals surface area (Å²) in [5.74, 6) is -0.121. The molecule has 37 heavy (non-hydrogen) atoms. The highest BCUT2D eigenvalue weighted by Crippen LogP contribution is 2.35. The van der Waals surface area contributed by atoms with Crippen LogP contribution in [0.25, 0.3) is 0 Å². The molecule has 3 aromatic rings. The lowest BCUT2D eigenvalue weighted by Gasteiger charge is -2.33. The summed E-state index contributed by atoms with van der Waals surface area (Å²) in [5, 5.41) is 0.435. The van der Waals surface area contributed by atoms with Gasteiger partial charge in [0.2, 0.25) is 6.23 Å². The molecule has 14 heteroatoms. The third kappa shape index (κ3) is 6.20. The number of anilines is 1. The number of halogens is 1. The quantitative estimate of drug-likeness (QED) is 0.486. The van der Waals surface area contributed by atoms with E-state index in [2.05, 4.69) is 19.9 Å². The summed E-state index contributed by atoms with van der Waals surface area (Å²) < 4.78 is 34.9. The Morgan fingerprint density at radius 1 is 1.03 bits per heavy atom. The molecule has 0 radical (unpaired) electrons. The van der Waals surface area contributed by atoms with Crippen LogP contribution in [0.15, 0.2) is 66.0 Å². The van der Waals surface area contributed by atoms with Gasteiger partial charge in [0.15, 0.2) is 5.69 Å². The second-order valence-corrected chi connectivity index (χ2v) is 9.97. The second kappa shape index (κ2) is 11.2. The van der Waals surface area contributed by atoms with Crippen LogP contribution in [-0.4, -0.2) is 82.9 Å². The molecular formula is C23H23ClN6O6S. The number of pyridine rings is 1. The van der Waals surface area contributed by atoms with Crippen molar-refractivity contribution in [3.63, 3.8) is 0 Å². The van der Waals surface area contributed by atoms with Crippen LogP contribution >= 0.6 is 11.6 Å². The fourth-order valence-electron chi connectivity index (χ4n) is 3.63. The number of carbonyl (C=O) groups is 2. The molecule has 0 aliphatic carbocycles. The van der Waals surface area contributed by atoms with Crippen LogP contribution in [0.2, 0.25) is 5.02 Å². The Kier molecular flexibility index (Phi) is 7.97. The molecular weight excluding hydrogens is 524 g/mol. The Bertz CT molecular complexity index is 1370. The van der Waals surface area contributed by atoms with Gasteiger partial charge in [-0.2, -0.15) is 8.42 Å².